The van der Waals surface area contributed by atoms with Gasteiger partial charge in [-0.05, 0) is 48.6 Å². The Morgan fingerprint density at radius 1 is 0.814 bits per heavy atom. The van der Waals surface area contributed by atoms with E-state index < -0.39 is 42.0 Å². The summed E-state index contributed by atoms with van der Waals surface area (Å²) in [5.41, 5.74) is 3.42. The smallest absolute Gasteiger partial charge is 0.326 e. The molecule has 1 aliphatic rings. The lowest BCUT2D eigenvalue weighted by atomic mass is 10.00. The molecule has 3 heterocycles. The first-order valence-electron chi connectivity index (χ1n) is 14.7. The van der Waals surface area contributed by atoms with Gasteiger partial charge in [0.15, 0.2) is 0 Å². The maximum Gasteiger partial charge on any atom is 0.326 e. The van der Waals surface area contributed by atoms with E-state index in [4.69, 9.17) is 0 Å². The van der Waals surface area contributed by atoms with Crippen molar-refractivity contribution in [2.24, 2.45) is 5.92 Å². The number of benzene rings is 2. The monoisotopic (exact) mass is 586 g/mol. The van der Waals surface area contributed by atoms with Crippen LogP contribution in [-0.4, -0.2) is 69.5 Å². The van der Waals surface area contributed by atoms with Crippen molar-refractivity contribution < 1.29 is 24.3 Å². The predicted molar refractivity (Wildman–Crippen MR) is 163 cm³/mol. The summed E-state index contributed by atoms with van der Waals surface area (Å²) in [6.07, 6.45) is 5.45. The van der Waals surface area contributed by atoms with Crippen LogP contribution >= 0.6 is 0 Å². The van der Waals surface area contributed by atoms with E-state index in [0.29, 0.717) is 6.42 Å². The minimum Gasteiger partial charge on any atom is -0.480 e. The SMILES string of the molecule is CC(C)C(NC(=O)C(Cc1c[nH]c2ccccc12)NC(=O)C(Cc1c[nH]c2ccccc12)NC(=O)C1CCCN1)C(=O)O. The highest BCUT2D eigenvalue weighted by molar-refractivity contribution is 5.95. The number of H-pyrrole nitrogens is 2. The summed E-state index contributed by atoms with van der Waals surface area (Å²) in [4.78, 5) is 59.0. The van der Waals surface area contributed by atoms with Crippen molar-refractivity contribution in [2.75, 3.05) is 6.54 Å². The molecule has 2 aromatic heterocycles. The molecule has 3 amide bonds. The van der Waals surface area contributed by atoms with Crippen molar-refractivity contribution in [2.45, 2.75) is 63.7 Å². The lowest BCUT2D eigenvalue weighted by molar-refractivity contribution is -0.143. The zero-order chi connectivity index (χ0) is 30.5. The third-order valence-electron chi connectivity index (χ3n) is 8.07. The number of fused-ring (bicyclic) bond motifs is 2. The molecule has 43 heavy (non-hydrogen) atoms. The van der Waals surface area contributed by atoms with Gasteiger partial charge in [0.2, 0.25) is 17.7 Å². The van der Waals surface area contributed by atoms with Crippen LogP contribution in [0.25, 0.3) is 21.8 Å². The van der Waals surface area contributed by atoms with E-state index in [2.05, 4.69) is 31.2 Å². The number of carbonyl (C=O) groups is 4. The number of para-hydroxylation sites is 2. The van der Waals surface area contributed by atoms with E-state index in [1.807, 2.05) is 54.7 Å². The van der Waals surface area contributed by atoms with Crippen LogP contribution < -0.4 is 21.3 Å². The molecule has 4 aromatic rings. The zero-order valence-electron chi connectivity index (χ0n) is 24.3. The third-order valence-corrected chi connectivity index (χ3v) is 8.07. The number of aromatic amines is 2. The first kappa shape index (κ1) is 29.8. The van der Waals surface area contributed by atoms with Gasteiger partial charge in [0.25, 0.3) is 0 Å². The Morgan fingerprint density at radius 2 is 1.35 bits per heavy atom. The molecule has 0 bridgehead atoms. The summed E-state index contributed by atoms with van der Waals surface area (Å²) in [6, 6.07) is 11.7. The van der Waals surface area contributed by atoms with Crippen molar-refractivity contribution in [1.29, 1.82) is 0 Å². The van der Waals surface area contributed by atoms with Gasteiger partial charge in [-0.25, -0.2) is 4.79 Å². The fourth-order valence-electron chi connectivity index (χ4n) is 5.68. The maximum atomic E-state index is 14.0. The molecule has 0 saturated carbocycles. The third kappa shape index (κ3) is 6.89. The minimum atomic E-state index is -1.16. The number of carboxylic acid groups (broad SMARTS) is 1. The Labute approximate surface area is 249 Å². The Bertz CT molecular complexity index is 1620. The second-order valence-electron chi connectivity index (χ2n) is 11.5. The number of carbonyl (C=O) groups excluding carboxylic acids is 3. The molecule has 1 aliphatic heterocycles. The number of carboxylic acids is 1. The summed E-state index contributed by atoms with van der Waals surface area (Å²) in [6.45, 7) is 4.14. The molecule has 11 nitrogen and oxygen atoms in total. The summed E-state index contributed by atoms with van der Waals surface area (Å²) >= 11 is 0. The normalized spacial score (nSPS) is 17.0. The molecule has 226 valence electrons. The van der Waals surface area contributed by atoms with Gasteiger partial charge in [0, 0.05) is 47.0 Å². The van der Waals surface area contributed by atoms with Gasteiger partial charge in [-0.2, -0.15) is 0 Å². The van der Waals surface area contributed by atoms with Crippen LogP contribution in [0.1, 0.15) is 37.8 Å². The van der Waals surface area contributed by atoms with Gasteiger partial charge in [-0.3, -0.25) is 14.4 Å². The minimum absolute atomic E-state index is 0.115. The topological polar surface area (TPSA) is 168 Å². The highest BCUT2D eigenvalue weighted by atomic mass is 16.4. The Hall–Kier alpha value is -4.64. The second kappa shape index (κ2) is 13.1. The lowest BCUT2D eigenvalue weighted by Crippen LogP contribution is -2.58. The predicted octanol–water partition coefficient (Wildman–Crippen LogP) is 2.38. The van der Waals surface area contributed by atoms with Gasteiger partial charge >= 0.3 is 5.97 Å². The average molecular weight is 587 g/mol. The molecule has 1 fully saturated rings. The molecule has 11 heteroatoms. The number of rotatable bonds is 12. The zero-order valence-corrected chi connectivity index (χ0v) is 24.3. The van der Waals surface area contributed by atoms with E-state index in [0.717, 1.165) is 45.9 Å². The Morgan fingerprint density at radius 3 is 1.86 bits per heavy atom. The number of hydrogen-bond acceptors (Lipinski definition) is 5. The van der Waals surface area contributed by atoms with E-state index in [9.17, 15) is 24.3 Å². The first-order chi connectivity index (χ1) is 20.7. The van der Waals surface area contributed by atoms with Gasteiger partial charge < -0.3 is 36.3 Å². The Balaban J connectivity index is 1.43. The van der Waals surface area contributed by atoms with E-state index >= 15 is 0 Å². The fourth-order valence-corrected chi connectivity index (χ4v) is 5.68. The van der Waals surface area contributed by atoms with E-state index in [1.54, 1.807) is 20.0 Å². The summed E-state index contributed by atoms with van der Waals surface area (Å²) in [7, 11) is 0. The van der Waals surface area contributed by atoms with Crippen molar-refractivity contribution in [3.05, 3.63) is 72.1 Å². The van der Waals surface area contributed by atoms with Crippen LogP contribution in [0.4, 0.5) is 0 Å². The van der Waals surface area contributed by atoms with E-state index in [-0.39, 0.29) is 24.7 Å². The molecular formula is C32H38N6O5. The van der Waals surface area contributed by atoms with Gasteiger partial charge in [-0.15, -0.1) is 0 Å². The summed E-state index contributed by atoms with van der Waals surface area (Å²) in [5.74, 6) is -2.96. The standard InChI is InChI=1S/C32H38N6O5/c1-18(2)28(32(42)43)38-31(41)27(15-20-17-35-24-11-6-4-9-22(20)24)37-30(40)26(36-29(39)25-12-7-13-33-25)14-19-16-34-23-10-5-3-8-21(19)23/h3-6,8-11,16-18,25-28,33-35H,7,12-15H2,1-2H3,(H,36,39)(H,37,40)(H,38,41)(H,42,43). The molecular weight excluding hydrogens is 548 g/mol. The Kier molecular flexibility index (Phi) is 9.10. The number of aliphatic carboxylic acids is 1. The largest absolute Gasteiger partial charge is 0.480 e. The van der Waals surface area contributed by atoms with Crippen LogP contribution in [0.5, 0.6) is 0 Å². The molecule has 5 rings (SSSR count). The number of aromatic nitrogens is 2. The molecule has 0 radical (unpaired) electrons. The van der Waals surface area contributed by atoms with Crippen LogP contribution in [0, 0.1) is 5.92 Å². The fraction of sp³-hybridized carbons (Fsp3) is 0.375. The molecule has 4 atom stereocenters. The highest BCUT2D eigenvalue weighted by Gasteiger charge is 2.33. The lowest BCUT2D eigenvalue weighted by Gasteiger charge is -2.26. The van der Waals surface area contributed by atoms with Crippen LogP contribution in [-0.2, 0) is 32.0 Å². The summed E-state index contributed by atoms with van der Waals surface area (Å²) < 4.78 is 0. The summed E-state index contributed by atoms with van der Waals surface area (Å²) in [5, 5.41) is 23.1. The second-order valence-corrected chi connectivity index (χ2v) is 11.5. The molecule has 0 spiro atoms. The van der Waals surface area contributed by atoms with Gasteiger partial charge in [0.1, 0.15) is 18.1 Å². The van der Waals surface area contributed by atoms with Crippen LogP contribution in [0.15, 0.2) is 60.9 Å². The quantitative estimate of drug-likeness (QED) is 0.135. The number of nitrogens with one attached hydrogen (secondary N) is 6. The van der Waals surface area contributed by atoms with Gasteiger partial charge in [0.05, 0.1) is 6.04 Å². The van der Waals surface area contributed by atoms with Crippen molar-refractivity contribution in [1.82, 2.24) is 31.2 Å². The molecule has 0 aliphatic carbocycles. The number of amides is 3. The number of hydrogen-bond donors (Lipinski definition) is 7. The van der Waals surface area contributed by atoms with Crippen molar-refractivity contribution in [3.63, 3.8) is 0 Å². The van der Waals surface area contributed by atoms with Crippen molar-refractivity contribution >= 4 is 45.5 Å². The highest BCUT2D eigenvalue weighted by Crippen LogP contribution is 2.21. The molecule has 1 saturated heterocycles. The van der Waals surface area contributed by atoms with Crippen molar-refractivity contribution in [3.8, 4) is 0 Å². The molecule has 7 N–H and O–H groups in total. The van der Waals surface area contributed by atoms with Crippen LogP contribution in [0.3, 0.4) is 0 Å². The van der Waals surface area contributed by atoms with Gasteiger partial charge in [-0.1, -0.05) is 50.2 Å². The van der Waals surface area contributed by atoms with E-state index in [1.165, 1.54) is 0 Å². The van der Waals surface area contributed by atoms with Crippen LogP contribution in [0.2, 0.25) is 0 Å². The average Bonchev–Trinajstić information content (AvgIpc) is 3.76. The first-order valence-corrected chi connectivity index (χ1v) is 14.7. The molecule has 2 aromatic carbocycles. The maximum absolute atomic E-state index is 14.0. The molecule has 4 unspecified atom stereocenters.